The molecule has 0 atom stereocenters. The number of carbonyl (C=O) groups is 1. The Labute approximate surface area is 162 Å². The van der Waals surface area contributed by atoms with Crippen LogP contribution >= 0.6 is 11.3 Å². The van der Waals surface area contributed by atoms with Crippen LogP contribution < -0.4 is 4.90 Å². The molecular formula is C19H15F2N3O3S. The third-order valence-corrected chi connectivity index (χ3v) is 5.98. The van der Waals surface area contributed by atoms with Crippen LogP contribution in [0.1, 0.15) is 23.2 Å². The number of hydrogen-bond donors (Lipinski definition) is 0. The fourth-order valence-corrected chi connectivity index (χ4v) is 4.44. The number of piperidine rings is 1. The molecule has 9 heteroatoms. The van der Waals surface area contributed by atoms with E-state index < -0.39 is 16.6 Å². The quantitative estimate of drug-likeness (QED) is 0.362. The Hall–Kier alpha value is -2.94. The summed E-state index contributed by atoms with van der Waals surface area (Å²) in [6.45, 7) is 1.10. The minimum absolute atomic E-state index is 0.0177. The first kappa shape index (κ1) is 18.4. The van der Waals surface area contributed by atoms with E-state index in [0.29, 0.717) is 31.4 Å². The van der Waals surface area contributed by atoms with E-state index in [2.05, 4.69) is 4.98 Å². The van der Waals surface area contributed by atoms with Gasteiger partial charge < -0.3 is 4.90 Å². The zero-order chi connectivity index (χ0) is 19.8. The highest BCUT2D eigenvalue weighted by molar-refractivity contribution is 7.22. The van der Waals surface area contributed by atoms with Crippen LogP contribution in [0.5, 0.6) is 0 Å². The van der Waals surface area contributed by atoms with Crippen molar-refractivity contribution in [2.75, 3.05) is 18.0 Å². The second kappa shape index (κ2) is 7.23. The van der Waals surface area contributed by atoms with Crippen LogP contribution in [0.25, 0.3) is 10.2 Å². The Bertz CT molecular complexity index is 1080. The topological polar surface area (TPSA) is 76.3 Å². The number of ketones is 1. The molecule has 0 amide bonds. The first-order valence-corrected chi connectivity index (χ1v) is 9.53. The minimum atomic E-state index is -0.707. The van der Waals surface area contributed by atoms with E-state index >= 15 is 0 Å². The van der Waals surface area contributed by atoms with Gasteiger partial charge in [-0.15, -0.1) is 0 Å². The monoisotopic (exact) mass is 403 g/mol. The smallest absolute Gasteiger partial charge is 0.270 e. The van der Waals surface area contributed by atoms with E-state index in [1.54, 1.807) is 6.07 Å². The number of nitrogens with zero attached hydrogens (tertiary/aromatic N) is 3. The van der Waals surface area contributed by atoms with Crippen molar-refractivity contribution in [3.8, 4) is 0 Å². The molecule has 0 N–H and O–H groups in total. The molecule has 28 heavy (non-hydrogen) atoms. The van der Waals surface area contributed by atoms with Gasteiger partial charge in [0.05, 0.1) is 20.7 Å². The summed E-state index contributed by atoms with van der Waals surface area (Å²) in [6.07, 6.45) is 1.01. The zero-order valence-corrected chi connectivity index (χ0v) is 15.4. The minimum Gasteiger partial charge on any atom is -0.348 e. The summed E-state index contributed by atoms with van der Waals surface area (Å²) < 4.78 is 28.0. The fourth-order valence-electron chi connectivity index (χ4n) is 3.39. The largest absolute Gasteiger partial charge is 0.348 e. The molecule has 2 aromatic carbocycles. The van der Waals surface area contributed by atoms with Crippen LogP contribution in [0, 0.1) is 27.7 Å². The zero-order valence-electron chi connectivity index (χ0n) is 14.6. The third-order valence-electron chi connectivity index (χ3n) is 4.90. The molecule has 1 aliphatic rings. The highest BCUT2D eigenvalue weighted by Crippen LogP contribution is 2.34. The van der Waals surface area contributed by atoms with Gasteiger partial charge in [-0.2, -0.15) is 0 Å². The van der Waals surface area contributed by atoms with Gasteiger partial charge in [-0.3, -0.25) is 14.9 Å². The van der Waals surface area contributed by atoms with E-state index in [9.17, 15) is 23.7 Å². The summed E-state index contributed by atoms with van der Waals surface area (Å²) in [5.74, 6) is -2.09. The van der Waals surface area contributed by atoms with E-state index in [0.717, 1.165) is 28.0 Å². The van der Waals surface area contributed by atoms with Crippen molar-refractivity contribution >= 4 is 38.2 Å². The Morgan fingerprint density at radius 3 is 2.64 bits per heavy atom. The molecule has 3 aromatic rings. The summed E-state index contributed by atoms with van der Waals surface area (Å²) in [6, 6.07) is 7.45. The highest BCUT2D eigenvalue weighted by Gasteiger charge is 2.29. The second-order valence-corrected chi connectivity index (χ2v) is 7.66. The van der Waals surface area contributed by atoms with E-state index in [1.807, 2.05) is 4.90 Å². The molecule has 6 nitrogen and oxygen atoms in total. The van der Waals surface area contributed by atoms with Gasteiger partial charge in [0.25, 0.3) is 5.69 Å². The maximum absolute atomic E-state index is 13.9. The molecule has 1 aliphatic heterocycles. The van der Waals surface area contributed by atoms with Gasteiger partial charge >= 0.3 is 0 Å². The van der Waals surface area contributed by atoms with Crippen LogP contribution in [-0.2, 0) is 0 Å². The molecule has 0 aliphatic carbocycles. The molecule has 0 radical (unpaired) electrons. The fraction of sp³-hybridized carbons (Fsp3) is 0.263. The van der Waals surface area contributed by atoms with Crippen LogP contribution in [0.15, 0.2) is 36.4 Å². The van der Waals surface area contributed by atoms with Crippen LogP contribution in [-0.4, -0.2) is 28.8 Å². The normalized spacial score (nSPS) is 15.1. The number of nitro groups is 1. The summed E-state index contributed by atoms with van der Waals surface area (Å²) in [4.78, 5) is 29.6. The van der Waals surface area contributed by atoms with Crippen molar-refractivity contribution in [3.63, 3.8) is 0 Å². The third kappa shape index (κ3) is 3.45. The average molecular weight is 403 g/mol. The number of carbonyl (C=O) groups excluding carboxylic acids is 1. The molecule has 1 saturated heterocycles. The molecule has 1 aromatic heterocycles. The van der Waals surface area contributed by atoms with Crippen molar-refractivity contribution < 1.29 is 18.5 Å². The average Bonchev–Trinajstić information content (AvgIpc) is 3.12. The number of non-ortho nitro benzene ring substituents is 1. The Kier molecular flexibility index (Phi) is 4.76. The summed E-state index contributed by atoms with van der Waals surface area (Å²) >= 11 is 1.36. The molecule has 0 unspecified atom stereocenters. The van der Waals surface area contributed by atoms with Gasteiger partial charge in [0.15, 0.2) is 10.9 Å². The number of thiazole rings is 1. The first-order chi connectivity index (χ1) is 13.4. The van der Waals surface area contributed by atoms with E-state index in [4.69, 9.17) is 0 Å². The molecular weight excluding hydrogens is 388 g/mol. The molecule has 0 bridgehead atoms. The van der Waals surface area contributed by atoms with Crippen molar-refractivity contribution in [3.05, 3.63) is 63.7 Å². The maximum atomic E-state index is 13.9. The van der Waals surface area contributed by atoms with Crippen LogP contribution in [0.4, 0.5) is 19.6 Å². The van der Waals surface area contributed by atoms with Crippen LogP contribution in [0.2, 0.25) is 0 Å². The SMILES string of the molecule is O=C(c1cc(F)ccc1F)C1CCN(c2nc3ccc([N+](=O)[O-])cc3s2)CC1. The molecule has 4 rings (SSSR count). The predicted molar refractivity (Wildman–Crippen MR) is 102 cm³/mol. The van der Waals surface area contributed by atoms with Gasteiger partial charge in [-0.1, -0.05) is 11.3 Å². The molecule has 0 saturated carbocycles. The number of benzene rings is 2. The number of hydrogen-bond acceptors (Lipinski definition) is 6. The number of nitro benzene ring substituents is 1. The number of Topliss-reactive ketones (excluding diaryl/α,β-unsaturated/α-hetero) is 1. The number of anilines is 1. The summed E-state index contributed by atoms with van der Waals surface area (Å²) in [5.41, 5.74) is 0.500. The Balaban J connectivity index is 1.48. The Morgan fingerprint density at radius 2 is 1.93 bits per heavy atom. The predicted octanol–water partition coefficient (Wildman–Crippen LogP) is 4.58. The lowest BCUT2D eigenvalue weighted by Crippen LogP contribution is -2.36. The standard InChI is InChI=1S/C19H15F2N3O3S/c20-12-1-3-15(21)14(9-12)18(25)11-5-7-23(8-6-11)19-22-16-4-2-13(24(26)27)10-17(16)28-19/h1-4,9-11H,5-8H2. The van der Waals surface area contributed by atoms with Gasteiger partial charge in [-0.05, 0) is 37.1 Å². The van der Waals surface area contributed by atoms with Crippen molar-refractivity contribution in [2.45, 2.75) is 12.8 Å². The lowest BCUT2D eigenvalue weighted by molar-refractivity contribution is -0.384. The maximum Gasteiger partial charge on any atom is 0.270 e. The second-order valence-electron chi connectivity index (χ2n) is 6.66. The summed E-state index contributed by atoms with van der Waals surface area (Å²) in [7, 11) is 0. The van der Waals surface area contributed by atoms with E-state index in [-0.39, 0.29) is 23.0 Å². The Morgan fingerprint density at radius 1 is 1.18 bits per heavy atom. The van der Waals surface area contributed by atoms with Gasteiger partial charge in [0.2, 0.25) is 0 Å². The van der Waals surface area contributed by atoms with Gasteiger partial charge in [0.1, 0.15) is 11.6 Å². The van der Waals surface area contributed by atoms with Crippen molar-refractivity contribution in [1.82, 2.24) is 4.98 Å². The molecule has 0 spiro atoms. The van der Waals surface area contributed by atoms with Crippen LogP contribution in [0.3, 0.4) is 0 Å². The van der Waals surface area contributed by atoms with Crippen molar-refractivity contribution in [2.24, 2.45) is 5.92 Å². The number of fused-ring (bicyclic) bond motifs is 1. The molecule has 144 valence electrons. The lowest BCUT2D eigenvalue weighted by Gasteiger charge is -2.31. The number of aromatic nitrogens is 1. The summed E-state index contributed by atoms with van der Waals surface area (Å²) in [5, 5.41) is 11.6. The first-order valence-electron chi connectivity index (χ1n) is 8.71. The number of rotatable bonds is 4. The molecule has 2 heterocycles. The number of halogens is 2. The van der Waals surface area contributed by atoms with Gasteiger partial charge in [0, 0.05) is 31.1 Å². The van der Waals surface area contributed by atoms with E-state index in [1.165, 1.54) is 23.5 Å². The lowest BCUT2D eigenvalue weighted by atomic mass is 9.89. The highest BCUT2D eigenvalue weighted by atomic mass is 32.1. The van der Waals surface area contributed by atoms with Gasteiger partial charge in [-0.25, -0.2) is 13.8 Å². The van der Waals surface area contributed by atoms with Crippen molar-refractivity contribution in [1.29, 1.82) is 0 Å². The molecule has 1 fully saturated rings.